The van der Waals surface area contributed by atoms with Crippen LogP contribution < -0.4 is 10.5 Å². The zero-order valence-corrected chi connectivity index (χ0v) is 13.2. The van der Waals surface area contributed by atoms with Gasteiger partial charge in [0.15, 0.2) is 0 Å². The molecule has 0 saturated carbocycles. The molecule has 20 heavy (non-hydrogen) atoms. The van der Waals surface area contributed by atoms with Crippen molar-refractivity contribution < 1.29 is 4.74 Å². The number of rotatable bonds is 5. The molecule has 1 aromatic rings. The molecule has 1 aromatic carbocycles. The van der Waals surface area contributed by atoms with Crippen LogP contribution in [0.2, 0.25) is 0 Å². The molecule has 3 nitrogen and oxygen atoms in total. The van der Waals surface area contributed by atoms with Gasteiger partial charge in [-0.25, -0.2) is 0 Å². The standard InChI is InChI=1S/C17H28N2O/c1-5-15-8-6-13(3)19(15)16(11-18)14-7-9-17(20-4)12(2)10-14/h7,9-10,13,15-16H,5-6,8,11,18H2,1-4H3. The van der Waals surface area contributed by atoms with Crippen molar-refractivity contribution in [2.45, 2.75) is 58.2 Å². The van der Waals surface area contributed by atoms with Crippen LogP contribution in [0.5, 0.6) is 5.75 Å². The molecule has 0 spiro atoms. The van der Waals surface area contributed by atoms with Crippen molar-refractivity contribution in [2.75, 3.05) is 13.7 Å². The minimum atomic E-state index is 0.321. The number of hydrogen-bond donors (Lipinski definition) is 1. The molecule has 0 amide bonds. The van der Waals surface area contributed by atoms with Crippen LogP contribution in [0.4, 0.5) is 0 Å². The van der Waals surface area contributed by atoms with Gasteiger partial charge in [0.1, 0.15) is 5.75 Å². The van der Waals surface area contributed by atoms with Crippen molar-refractivity contribution in [1.29, 1.82) is 0 Å². The maximum absolute atomic E-state index is 6.11. The summed E-state index contributed by atoms with van der Waals surface area (Å²) in [6.07, 6.45) is 3.78. The lowest BCUT2D eigenvalue weighted by atomic mass is 10.0. The lowest BCUT2D eigenvalue weighted by Gasteiger charge is -2.36. The molecule has 1 heterocycles. The molecule has 2 N–H and O–H groups in total. The fraction of sp³-hybridized carbons (Fsp3) is 0.647. The van der Waals surface area contributed by atoms with Crippen molar-refractivity contribution in [3.63, 3.8) is 0 Å². The quantitative estimate of drug-likeness (QED) is 0.897. The average molecular weight is 276 g/mol. The van der Waals surface area contributed by atoms with Crippen LogP contribution in [0.25, 0.3) is 0 Å². The largest absolute Gasteiger partial charge is 0.496 e. The molecule has 0 aromatic heterocycles. The molecule has 0 bridgehead atoms. The summed E-state index contributed by atoms with van der Waals surface area (Å²) in [5.74, 6) is 0.950. The molecule has 1 saturated heterocycles. The van der Waals surface area contributed by atoms with Gasteiger partial charge in [-0.05, 0) is 50.3 Å². The van der Waals surface area contributed by atoms with Gasteiger partial charge in [0.05, 0.1) is 7.11 Å². The minimum absolute atomic E-state index is 0.321. The van der Waals surface area contributed by atoms with Gasteiger partial charge in [0, 0.05) is 24.7 Å². The fourth-order valence-electron chi connectivity index (χ4n) is 3.61. The van der Waals surface area contributed by atoms with E-state index < -0.39 is 0 Å². The van der Waals surface area contributed by atoms with Crippen LogP contribution in [-0.4, -0.2) is 30.6 Å². The van der Waals surface area contributed by atoms with E-state index in [1.165, 1.54) is 30.4 Å². The molecule has 0 aliphatic carbocycles. The summed E-state index contributed by atoms with van der Waals surface area (Å²) in [6.45, 7) is 7.38. The van der Waals surface area contributed by atoms with Crippen molar-refractivity contribution >= 4 is 0 Å². The first-order valence-corrected chi connectivity index (χ1v) is 7.74. The van der Waals surface area contributed by atoms with Gasteiger partial charge in [-0.2, -0.15) is 0 Å². The summed E-state index contributed by atoms with van der Waals surface area (Å²) in [6, 6.07) is 8.07. The molecule has 3 atom stereocenters. The first-order valence-electron chi connectivity index (χ1n) is 7.74. The zero-order valence-electron chi connectivity index (χ0n) is 13.2. The third-order valence-corrected chi connectivity index (χ3v) is 4.71. The molecule has 0 radical (unpaired) electrons. The summed E-state index contributed by atoms with van der Waals surface area (Å²) in [5, 5.41) is 0. The number of ether oxygens (including phenoxy) is 1. The normalized spacial score (nSPS) is 24.9. The second-order valence-corrected chi connectivity index (χ2v) is 5.92. The smallest absolute Gasteiger partial charge is 0.121 e. The predicted octanol–water partition coefficient (Wildman–Crippen LogP) is 3.27. The number of nitrogens with two attached hydrogens (primary N) is 1. The Bertz CT molecular complexity index is 447. The van der Waals surface area contributed by atoms with E-state index in [2.05, 4.69) is 43.9 Å². The fourth-order valence-corrected chi connectivity index (χ4v) is 3.61. The van der Waals surface area contributed by atoms with Crippen molar-refractivity contribution in [3.05, 3.63) is 29.3 Å². The van der Waals surface area contributed by atoms with E-state index in [-0.39, 0.29) is 0 Å². The molecular formula is C17H28N2O. The van der Waals surface area contributed by atoms with Crippen molar-refractivity contribution in [2.24, 2.45) is 5.73 Å². The van der Waals surface area contributed by atoms with E-state index in [9.17, 15) is 0 Å². The monoisotopic (exact) mass is 276 g/mol. The maximum Gasteiger partial charge on any atom is 0.121 e. The Balaban J connectivity index is 2.29. The van der Waals surface area contributed by atoms with Gasteiger partial charge in [-0.3, -0.25) is 4.90 Å². The van der Waals surface area contributed by atoms with E-state index in [1.54, 1.807) is 7.11 Å². The Kier molecular flexibility index (Phi) is 5.06. The zero-order chi connectivity index (χ0) is 14.7. The summed E-state index contributed by atoms with van der Waals surface area (Å²) in [5.41, 5.74) is 8.61. The molecule has 3 heteroatoms. The van der Waals surface area contributed by atoms with Gasteiger partial charge < -0.3 is 10.5 Å². The molecular weight excluding hydrogens is 248 g/mol. The van der Waals surface area contributed by atoms with Crippen LogP contribution in [0, 0.1) is 6.92 Å². The maximum atomic E-state index is 6.11. The second kappa shape index (κ2) is 6.59. The summed E-state index contributed by atoms with van der Waals surface area (Å²) in [4.78, 5) is 2.63. The highest BCUT2D eigenvalue weighted by molar-refractivity contribution is 5.37. The average Bonchev–Trinajstić information content (AvgIpc) is 2.81. The second-order valence-electron chi connectivity index (χ2n) is 5.92. The third-order valence-electron chi connectivity index (χ3n) is 4.71. The topological polar surface area (TPSA) is 38.5 Å². The minimum Gasteiger partial charge on any atom is -0.496 e. The van der Waals surface area contributed by atoms with Gasteiger partial charge >= 0.3 is 0 Å². The molecule has 112 valence electrons. The number of nitrogens with zero attached hydrogens (tertiary/aromatic N) is 1. The first-order chi connectivity index (χ1) is 9.62. The lowest BCUT2D eigenvalue weighted by Crippen LogP contribution is -2.41. The van der Waals surface area contributed by atoms with E-state index in [4.69, 9.17) is 10.5 Å². The summed E-state index contributed by atoms with van der Waals surface area (Å²) < 4.78 is 5.36. The van der Waals surface area contributed by atoms with Crippen LogP contribution in [0.15, 0.2) is 18.2 Å². The van der Waals surface area contributed by atoms with Crippen molar-refractivity contribution in [1.82, 2.24) is 4.90 Å². The highest BCUT2D eigenvalue weighted by Gasteiger charge is 2.34. The number of methoxy groups -OCH3 is 1. The Morgan fingerprint density at radius 1 is 1.40 bits per heavy atom. The van der Waals surface area contributed by atoms with Gasteiger partial charge in [-0.1, -0.05) is 19.1 Å². The number of hydrogen-bond acceptors (Lipinski definition) is 3. The number of likely N-dealkylation sites (tertiary alicyclic amines) is 1. The van der Waals surface area contributed by atoms with E-state index in [1.807, 2.05) is 0 Å². The summed E-state index contributed by atoms with van der Waals surface area (Å²) in [7, 11) is 1.72. The summed E-state index contributed by atoms with van der Waals surface area (Å²) >= 11 is 0. The molecule has 1 fully saturated rings. The molecule has 1 aliphatic heterocycles. The molecule has 3 unspecified atom stereocenters. The van der Waals surface area contributed by atoms with Crippen molar-refractivity contribution in [3.8, 4) is 5.75 Å². The van der Waals surface area contributed by atoms with Gasteiger partial charge in [0.25, 0.3) is 0 Å². The van der Waals surface area contributed by atoms with E-state index >= 15 is 0 Å². The molecule has 2 rings (SSSR count). The van der Waals surface area contributed by atoms with Gasteiger partial charge in [-0.15, -0.1) is 0 Å². The Labute approximate surface area is 123 Å². The van der Waals surface area contributed by atoms with Gasteiger partial charge in [0.2, 0.25) is 0 Å². The highest BCUT2D eigenvalue weighted by atomic mass is 16.5. The van der Waals surface area contributed by atoms with E-state index in [0.717, 1.165) is 5.75 Å². The Morgan fingerprint density at radius 2 is 2.15 bits per heavy atom. The number of benzene rings is 1. The van der Waals surface area contributed by atoms with Crippen LogP contribution in [0.3, 0.4) is 0 Å². The number of aryl methyl sites for hydroxylation is 1. The lowest BCUT2D eigenvalue weighted by molar-refractivity contribution is 0.137. The van der Waals surface area contributed by atoms with Crippen LogP contribution >= 0.6 is 0 Å². The Hall–Kier alpha value is -1.06. The molecule has 1 aliphatic rings. The third kappa shape index (κ3) is 2.84. The SMILES string of the molecule is CCC1CCC(C)N1C(CN)c1ccc(OC)c(C)c1. The highest BCUT2D eigenvalue weighted by Crippen LogP contribution is 2.35. The van der Waals surface area contributed by atoms with Crippen LogP contribution in [0.1, 0.15) is 50.3 Å². The first kappa shape index (κ1) is 15.3. The van der Waals surface area contributed by atoms with E-state index in [0.29, 0.717) is 24.7 Å². The van der Waals surface area contributed by atoms with Crippen LogP contribution in [-0.2, 0) is 0 Å². The predicted molar refractivity (Wildman–Crippen MR) is 84.1 cm³/mol. The Morgan fingerprint density at radius 3 is 2.70 bits per heavy atom.